The van der Waals surface area contributed by atoms with Crippen molar-refractivity contribution in [3.05, 3.63) is 25.3 Å². The Labute approximate surface area is 113 Å². The molecule has 16 heavy (non-hydrogen) atoms. The molecule has 0 amide bonds. The van der Waals surface area contributed by atoms with Crippen LogP contribution >= 0.6 is 41.2 Å². The Morgan fingerprint density at radius 2 is 1.38 bits per heavy atom. The molecule has 0 aromatic rings. The third-order valence-corrected chi connectivity index (χ3v) is 9.59. The van der Waals surface area contributed by atoms with Gasteiger partial charge < -0.3 is 0 Å². The first kappa shape index (κ1) is 13.2. The fourth-order valence-electron chi connectivity index (χ4n) is 1.89. The fourth-order valence-corrected chi connectivity index (χ4v) is 9.00. The third kappa shape index (κ3) is 3.17. The molecule has 3 fully saturated rings. The summed E-state index contributed by atoms with van der Waals surface area (Å²) in [5.41, 5.74) is 0. The molecule has 3 rings (SSSR count). The molecule has 0 spiro atoms. The van der Waals surface area contributed by atoms with E-state index in [2.05, 4.69) is 23.0 Å². The maximum absolute atomic E-state index is 3.85. The van der Waals surface area contributed by atoms with E-state index in [1.165, 1.54) is 0 Å². The van der Waals surface area contributed by atoms with E-state index in [1.54, 1.807) is 0 Å². The SMILES string of the molecule is C=CCN1CC2SSSSC1CN2CC=C. The van der Waals surface area contributed by atoms with Crippen molar-refractivity contribution in [1.82, 2.24) is 9.80 Å². The van der Waals surface area contributed by atoms with Gasteiger partial charge in [0.25, 0.3) is 0 Å². The summed E-state index contributed by atoms with van der Waals surface area (Å²) in [6.45, 7) is 12.0. The minimum absolute atomic E-state index is 0.590. The minimum atomic E-state index is 0.590. The van der Waals surface area contributed by atoms with Crippen LogP contribution < -0.4 is 0 Å². The van der Waals surface area contributed by atoms with Crippen molar-refractivity contribution in [2.45, 2.75) is 10.7 Å². The average molecular weight is 293 g/mol. The second kappa shape index (κ2) is 6.66. The van der Waals surface area contributed by atoms with E-state index in [1.807, 2.05) is 53.4 Å². The molecule has 3 aliphatic rings. The van der Waals surface area contributed by atoms with Gasteiger partial charge in [0.1, 0.15) is 0 Å². The first-order chi connectivity index (χ1) is 7.85. The molecule has 0 aromatic carbocycles. The highest BCUT2D eigenvalue weighted by Crippen LogP contribution is 2.52. The largest absolute Gasteiger partial charge is 0.284 e. The molecule has 3 aliphatic heterocycles. The lowest BCUT2D eigenvalue weighted by Gasteiger charge is -2.45. The summed E-state index contributed by atoms with van der Waals surface area (Å²) in [5.74, 6) is 0. The molecule has 90 valence electrons. The van der Waals surface area contributed by atoms with Crippen LogP contribution in [0.25, 0.3) is 0 Å². The maximum atomic E-state index is 3.85. The summed E-state index contributed by atoms with van der Waals surface area (Å²) >= 11 is 0. The summed E-state index contributed by atoms with van der Waals surface area (Å²) in [6.07, 6.45) is 4.02. The van der Waals surface area contributed by atoms with Crippen molar-refractivity contribution >= 4 is 41.2 Å². The molecule has 3 saturated heterocycles. The van der Waals surface area contributed by atoms with Gasteiger partial charge in [-0.15, -0.1) is 13.2 Å². The predicted octanol–water partition coefficient (Wildman–Crippen LogP) is 3.32. The Hall–Kier alpha value is 0.800. The van der Waals surface area contributed by atoms with Crippen LogP contribution in [0.5, 0.6) is 0 Å². The third-order valence-electron chi connectivity index (χ3n) is 2.65. The summed E-state index contributed by atoms with van der Waals surface area (Å²) in [6, 6.07) is 0. The summed E-state index contributed by atoms with van der Waals surface area (Å²) in [5, 5.41) is 1.18. The van der Waals surface area contributed by atoms with E-state index in [0.717, 1.165) is 26.2 Å². The molecule has 0 saturated carbocycles. The van der Waals surface area contributed by atoms with Crippen LogP contribution in [0.1, 0.15) is 0 Å². The molecule has 2 bridgehead atoms. The lowest BCUT2D eigenvalue weighted by molar-refractivity contribution is 0.121. The number of fused-ring (bicyclic) bond motifs is 5. The molecule has 0 aliphatic carbocycles. The van der Waals surface area contributed by atoms with E-state index < -0.39 is 0 Å². The van der Waals surface area contributed by atoms with Gasteiger partial charge in [-0.2, -0.15) is 0 Å². The van der Waals surface area contributed by atoms with E-state index in [0.29, 0.717) is 10.7 Å². The lowest BCUT2D eigenvalue weighted by Crippen LogP contribution is -2.55. The van der Waals surface area contributed by atoms with Crippen LogP contribution in [0.4, 0.5) is 0 Å². The minimum Gasteiger partial charge on any atom is -0.284 e. The van der Waals surface area contributed by atoms with Gasteiger partial charge in [-0.25, -0.2) is 0 Å². The zero-order chi connectivity index (χ0) is 11.4. The molecular weight excluding hydrogens is 276 g/mol. The standard InChI is InChI=1S/C10H16N2S4/c1-3-5-11-7-10-12(6-4-2)8-9(11)13-15-16-14-10/h3-4,9-10H,1-2,5-8H2. The van der Waals surface area contributed by atoms with E-state index >= 15 is 0 Å². The Balaban J connectivity index is 2.05. The normalized spacial score (nSPS) is 32.0. The highest BCUT2D eigenvalue weighted by molar-refractivity contribution is 9.26. The second-order valence-corrected chi connectivity index (χ2v) is 9.89. The van der Waals surface area contributed by atoms with Crippen molar-refractivity contribution in [3.63, 3.8) is 0 Å². The van der Waals surface area contributed by atoms with Crippen LogP contribution in [0.3, 0.4) is 0 Å². The van der Waals surface area contributed by atoms with E-state index in [9.17, 15) is 0 Å². The first-order valence-electron chi connectivity index (χ1n) is 5.20. The van der Waals surface area contributed by atoms with Crippen molar-refractivity contribution in [3.8, 4) is 0 Å². The van der Waals surface area contributed by atoms with Crippen LogP contribution in [-0.4, -0.2) is 46.7 Å². The van der Waals surface area contributed by atoms with Gasteiger partial charge in [-0.1, -0.05) is 33.7 Å². The number of hydrogen-bond acceptors (Lipinski definition) is 6. The molecule has 6 heteroatoms. The van der Waals surface area contributed by atoms with Crippen molar-refractivity contribution in [2.75, 3.05) is 26.2 Å². The van der Waals surface area contributed by atoms with Gasteiger partial charge in [-0.3, -0.25) is 9.80 Å². The maximum Gasteiger partial charge on any atom is 0.0803 e. The van der Waals surface area contributed by atoms with Gasteiger partial charge in [0, 0.05) is 26.2 Å². The molecular formula is C10H16N2S4. The first-order valence-corrected chi connectivity index (χ1v) is 10.1. The van der Waals surface area contributed by atoms with Crippen LogP contribution in [0.15, 0.2) is 25.3 Å². The zero-order valence-corrected chi connectivity index (χ0v) is 12.3. The Morgan fingerprint density at radius 3 is 1.75 bits per heavy atom. The van der Waals surface area contributed by atoms with Gasteiger partial charge in [0.05, 0.1) is 10.7 Å². The van der Waals surface area contributed by atoms with Gasteiger partial charge in [-0.05, 0) is 19.7 Å². The molecule has 2 unspecified atom stereocenters. The van der Waals surface area contributed by atoms with Crippen LogP contribution in [0.2, 0.25) is 0 Å². The second-order valence-electron chi connectivity index (χ2n) is 3.72. The molecule has 0 radical (unpaired) electrons. The van der Waals surface area contributed by atoms with Crippen molar-refractivity contribution in [1.29, 1.82) is 0 Å². The van der Waals surface area contributed by atoms with Gasteiger partial charge in [0.2, 0.25) is 0 Å². The van der Waals surface area contributed by atoms with E-state index in [-0.39, 0.29) is 0 Å². The highest BCUT2D eigenvalue weighted by atomic mass is 33.7. The predicted molar refractivity (Wildman–Crippen MR) is 81.5 cm³/mol. The topological polar surface area (TPSA) is 6.48 Å². The number of rotatable bonds is 4. The molecule has 3 heterocycles. The molecule has 0 N–H and O–H groups in total. The quantitative estimate of drug-likeness (QED) is 0.575. The van der Waals surface area contributed by atoms with Crippen LogP contribution in [0, 0.1) is 0 Å². The summed E-state index contributed by atoms with van der Waals surface area (Å²) in [7, 11) is 7.77. The number of hydrogen-bond donors (Lipinski definition) is 0. The average Bonchev–Trinajstić information content (AvgIpc) is 2.24. The lowest BCUT2D eigenvalue weighted by atomic mass is 10.3. The Bertz CT molecular complexity index is 235. The molecule has 2 nitrogen and oxygen atoms in total. The molecule has 2 atom stereocenters. The number of nitrogens with zero attached hydrogens (tertiary/aromatic N) is 2. The Kier molecular flexibility index (Phi) is 5.51. The zero-order valence-electron chi connectivity index (χ0n) is 9.08. The highest BCUT2D eigenvalue weighted by Gasteiger charge is 2.35. The van der Waals surface area contributed by atoms with E-state index in [4.69, 9.17) is 0 Å². The number of piperazine rings is 1. The van der Waals surface area contributed by atoms with Gasteiger partial charge >= 0.3 is 0 Å². The van der Waals surface area contributed by atoms with Gasteiger partial charge in [0.15, 0.2) is 0 Å². The molecule has 0 aromatic heterocycles. The fraction of sp³-hybridized carbons (Fsp3) is 0.600. The smallest absolute Gasteiger partial charge is 0.0803 e. The van der Waals surface area contributed by atoms with Crippen molar-refractivity contribution < 1.29 is 0 Å². The van der Waals surface area contributed by atoms with Crippen LogP contribution in [-0.2, 0) is 0 Å². The van der Waals surface area contributed by atoms with Crippen molar-refractivity contribution in [2.24, 2.45) is 0 Å². The summed E-state index contributed by atoms with van der Waals surface area (Å²) in [4.78, 5) is 5.06. The Morgan fingerprint density at radius 1 is 0.938 bits per heavy atom. The summed E-state index contributed by atoms with van der Waals surface area (Å²) < 4.78 is 0. The monoisotopic (exact) mass is 292 g/mol.